The zero-order valence-corrected chi connectivity index (χ0v) is 5.97. The summed E-state index contributed by atoms with van der Waals surface area (Å²) in [4.78, 5) is 11.0. The van der Waals surface area contributed by atoms with Gasteiger partial charge in [-0.2, -0.15) is 0 Å². The van der Waals surface area contributed by atoms with Gasteiger partial charge < -0.3 is 5.11 Å². The average Bonchev–Trinajstić information content (AvgIpc) is 2.36. The lowest BCUT2D eigenvalue weighted by Crippen LogP contribution is -2.33. The second-order valence-electron chi connectivity index (χ2n) is 2.81. The highest BCUT2D eigenvalue weighted by Crippen LogP contribution is 2.30. The maximum atomic E-state index is 11.0. The van der Waals surface area contributed by atoms with Crippen LogP contribution in [0.15, 0.2) is 12.7 Å². The van der Waals surface area contributed by atoms with Crippen molar-refractivity contribution in [3.8, 4) is 0 Å². The number of hydrogen-bond acceptors (Lipinski definition) is 2. The maximum absolute atomic E-state index is 11.0. The Morgan fingerprint density at radius 2 is 2.00 bits per heavy atom. The van der Waals surface area contributed by atoms with Crippen molar-refractivity contribution in [2.24, 2.45) is 0 Å². The topological polar surface area (TPSA) is 37.3 Å². The highest BCUT2D eigenvalue weighted by molar-refractivity contribution is 5.96. The first-order chi connectivity index (χ1) is 4.69. The van der Waals surface area contributed by atoms with Gasteiger partial charge >= 0.3 is 0 Å². The van der Waals surface area contributed by atoms with Gasteiger partial charge in [0.25, 0.3) is 0 Å². The summed E-state index contributed by atoms with van der Waals surface area (Å²) in [5.74, 6) is -0.218. The summed E-state index contributed by atoms with van der Waals surface area (Å²) in [6.45, 7) is 3.34. The van der Waals surface area contributed by atoms with Crippen LogP contribution in [0.5, 0.6) is 0 Å². The van der Waals surface area contributed by atoms with Crippen molar-refractivity contribution in [2.45, 2.75) is 31.3 Å². The molecule has 0 radical (unpaired) electrons. The van der Waals surface area contributed by atoms with E-state index in [-0.39, 0.29) is 5.78 Å². The highest BCUT2D eigenvalue weighted by atomic mass is 16.3. The molecule has 1 N–H and O–H groups in total. The molecule has 56 valence electrons. The van der Waals surface area contributed by atoms with Gasteiger partial charge in [-0.15, -0.1) is 0 Å². The van der Waals surface area contributed by atoms with Crippen molar-refractivity contribution in [1.29, 1.82) is 0 Å². The van der Waals surface area contributed by atoms with Gasteiger partial charge in [0.15, 0.2) is 5.78 Å². The van der Waals surface area contributed by atoms with Crippen LogP contribution in [-0.4, -0.2) is 16.5 Å². The van der Waals surface area contributed by atoms with Gasteiger partial charge in [0, 0.05) is 0 Å². The van der Waals surface area contributed by atoms with Gasteiger partial charge in [0.05, 0.1) is 0 Å². The van der Waals surface area contributed by atoms with Crippen LogP contribution in [0.4, 0.5) is 0 Å². The Morgan fingerprint density at radius 3 is 2.40 bits per heavy atom. The number of carbonyl (C=O) groups is 1. The minimum Gasteiger partial charge on any atom is -0.382 e. The van der Waals surface area contributed by atoms with Crippen LogP contribution in [0.2, 0.25) is 0 Å². The molecule has 2 heteroatoms. The largest absolute Gasteiger partial charge is 0.382 e. The molecule has 1 fully saturated rings. The summed E-state index contributed by atoms with van der Waals surface area (Å²) in [6.07, 6.45) is 4.34. The smallest absolute Gasteiger partial charge is 0.186 e. The Kier molecular flexibility index (Phi) is 1.90. The second-order valence-corrected chi connectivity index (χ2v) is 2.81. The first kappa shape index (κ1) is 7.48. The molecule has 0 aromatic rings. The second kappa shape index (κ2) is 2.54. The molecule has 1 rings (SSSR count). The molecule has 1 saturated carbocycles. The fourth-order valence-electron chi connectivity index (χ4n) is 1.40. The lowest BCUT2D eigenvalue weighted by molar-refractivity contribution is -0.131. The molecule has 0 atom stereocenters. The van der Waals surface area contributed by atoms with Crippen LogP contribution < -0.4 is 0 Å². The zero-order chi connectivity index (χ0) is 7.61. The van der Waals surface area contributed by atoms with Crippen LogP contribution in [0.25, 0.3) is 0 Å². The van der Waals surface area contributed by atoms with Gasteiger partial charge in [-0.05, 0) is 31.8 Å². The molecule has 1 aliphatic rings. The fraction of sp³-hybridized carbons (Fsp3) is 0.625. The molecule has 0 unspecified atom stereocenters. The Morgan fingerprint density at radius 1 is 1.50 bits per heavy atom. The highest BCUT2D eigenvalue weighted by Gasteiger charge is 2.36. The average molecular weight is 140 g/mol. The first-order valence-electron chi connectivity index (χ1n) is 3.58. The number of ketones is 1. The van der Waals surface area contributed by atoms with E-state index < -0.39 is 5.60 Å². The molecule has 0 heterocycles. The fourth-order valence-corrected chi connectivity index (χ4v) is 1.40. The van der Waals surface area contributed by atoms with Crippen LogP contribution in [0.3, 0.4) is 0 Å². The molecule has 0 saturated heterocycles. The van der Waals surface area contributed by atoms with E-state index in [1.54, 1.807) is 0 Å². The lowest BCUT2D eigenvalue weighted by Gasteiger charge is -2.17. The molecule has 1 aliphatic carbocycles. The van der Waals surface area contributed by atoms with Crippen molar-refractivity contribution in [3.63, 3.8) is 0 Å². The van der Waals surface area contributed by atoms with Gasteiger partial charge in [0.1, 0.15) is 5.60 Å². The number of rotatable bonds is 2. The summed E-state index contributed by atoms with van der Waals surface area (Å²) in [7, 11) is 0. The van der Waals surface area contributed by atoms with Crippen LogP contribution >= 0.6 is 0 Å². The van der Waals surface area contributed by atoms with E-state index in [1.165, 1.54) is 6.08 Å². The summed E-state index contributed by atoms with van der Waals surface area (Å²) < 4.78 is 0. The third-order valence-electron chi connectivity index (χ3n) is 2.07. The SMILES string of the molecule is C=CC(=O)C1(O)CCCC1. The predicted octanol–water partition coefficient (Wildman–Crippen LogP) is 1.05. The maximum Gasteiger partial charge on any atom is 0.186 e. The van der Waals surface area contributed by atoms with Crippen LogP contribution in [0.1, 0.15) is 25.7 Å². The molecule has 0 aliphatic heterocycles. The van der Waals surface area contributed by atoms with Crippen LogP contribution in [0, 0.1) is 0 Å². The molecule has 10 heavy (non-hydrogen) atoms. The summed E-state index contributed by atoms with van der Waals surface area (Å²) in [5, 5.41) is 9.54. The molecule has 0 aromatic carbocycles. The van der Waals surface area contributed by atoms with E-state index in [0.29, 0.717) is 12.8 Å². The third kappa shape index (κ3) is 1.12. The van der Waals surface area contributed by atoms with Gasteiger partial charge in [-0.3, -0.25) is 4.79 Å². The van der Waals surface area contributed by atoms with Crippen molar-refractivity contribution in [1.82, 2.24) is 0 Å². The predicted molar refractivity (Wildman–Crippen MR) is 38.6 cm³/mol. The number of carbonyl (C=O) groups excluding carboxylic acids is 1. The molecule has 2 nitrogen and oxygen atoms in total. The number of hydrogen-bond donors (Lipinski definition) is 1. The summed E-state index contributed by atoms with van der Waals surface area (Å²) in [6, 6.07) is 0. The van der Waals surface area contributed by atoms with Crippen molar-refractivity contribution < 1.29 is 9.90 Å². The Labute approximate surface area is 60.6 Å². The van der Waals surface area contributed by atoms with Crippen LogP contribution in [-0.2, 0) is 4.79 Å². The molecule has 0 amide bonds. The lowest BCUT2D eigenvalue weighted by atomic mass is 9.97. The van der Waals surface area contributed by atoms with E-state index in [4.69, 9.17) is 0 Å². The first-order valence-corrected chi connectivity index (χ1v) is 3.58. The van der Waals surface area contributed by atoms with E-state index in [2.05, 4.69) is 6.58 Å². The monoisotopic (exact) mass is 140 g/mol. The molecule has 0 spiro atoms. The molecule has 0 aromatic heterocycles. The Bertz CT molecular complexity index is 155. The van der Waals surface area contributed by atoms with E-state index >= 15 is 0 Å². The van der Waals surface area contributed by atoms with Gasteiger partial charge in [-0.25, -0.2) is 0 Å². The van der Waals surface area contributed by atoms with E-state index in [0.717, 1.165) is 12.8 Å². The Hall–Kier alpha value is -0.630. The number of aliphatic hydroxyl groups is 1. The summed E-state index contributed by atoms with van der Waals surface area (Å²) >= 11 is 0. The summed E-state index contributed by atoms with van der Waals surface area (Å²) in [5.41, 5.74) is -1.05. The molecular formula is C8H12O2. The van der Waals surface area contributed by atoms with Gasteiger partial charge in [-0.1, -0.05) is 6.58 Å². The minimum absolute atomic E-state index is 0.218. The Balaban J connectivity index is 2.66. The quantitative estimate of drug-likeness (QED) is 0.582. The third-order valence-corrected chi connectivity index (χ3v) is 2.07. The zero-order valence-electron chi connectivity index (χ0n) is 5.97. The van der Waals surface area contributed by atoms with Crippen molar-refractivity contribution >= 4 is 5.78 Å². The van der Waals surface area contributed by atoms with Crippen molar-refractivity contribution in [3.05, 3.63) is 12.7 Å². The van der Waals surface area contributed by atoms with Gasteiger partial charge in [0.2, 0.25) is 0 Å². The standard InChI is InChI=1S/C8H12O2/c1-2-7(9)8(10)5-3-4-6-8/h2,10H,1,3-6H2. The molecule has 0 bridgehead atoms. The van der Waals surface area contributed by atoms with E-state index in [1.807, 2.05) is 0 Å². The minimum atomic E-state index is -1.05. The molecular weight excluding hydrogens is 128 g/mol. The van der Waals surface area contributed by atoms with E-state index in [9.17, 15) is 9.90 Å². The van der Waals surface area contributed by atoms with Crippen molar-refractivity contribution in [2.75, 3.05) is 0 Å². The normalized spacial score (nSPS) is 22.5.